The Morgan fingerprint density at radius 1 is 1.56 bits per heavy atom. The fourth-order valence-electron chi connectivity index (χ4n) is 2.75. The number of nitrogens with zero attached hydrogens (tertiary/aromatic N) is 1. The highest BCUT2D eigenvalue weighted by atomic mass is 32.1. The maximum Gasteiger partial charge on any atom is 0.315 e. The number of carboxylic acid groups (broad SMARTS) is 1. The first kappa shape index (κ1) is 12.1. The van der Waals surface area contributed by atoms with Gasteiger partial charge in [0.25, 0.3) is 0 Å². The SMILES string of the molecule is CC(C)(C(=O)O)c1csc(C2CC3CCC2O3)n1. The summed E-state index contributed by atoms with van der Waals surface area (Å²) in [5.74, 6) is -0.448. The summed E-state index contributed by atoms with van der Waals surface area (Å²) in [6, 6.07) is 0. The second kappa shape index (κ2) is 4.03. The van der Waals surface area contributed by atoms with Gasteiger partial charge >= 0.3 is 5.97 Å². The van der Waals surface area contributed by atoms with Crippen molar-refractivity contribution in [2.45, 2.75) is 56.7 Å². The summed E-state index contributed by atoms with van der Waals surface area (Å²) in [4.78, 5) is 15.8. The molecular formula is C13H17NO3S. The van der Waals surface area contributed by atoms with Gasteiger partial charge in [0.1, 0.15) is 5.41 Å². The molecule has 2 saturated heterocycles. The lowest BCUT2D eigenvalue weighted by molar-refractivity contribution is -0.142. The van der Waals surface area contributed by atoms with Crippen LogP contribution in [0.4, 0.5) is 0 Å². The van der Waals surface area contributed by atoms with Gasteiger partial charge in [-0.15, -0.1) is 11.3 Å². The molecule has 2 bridgehead atoms. The van der Waals surface area contributed by atoms with Gasteiger partial charge in [-0.1, -0.05) is 0 Å². The Kier molecular flexibility index (Phi) is 2.71. The number of hydrogen-bond acceptors (Lipinski definition) is 4. The quantitative estimate of drug-likeness (QED) is 0.914. The monoisotopic (exact) mass is 267 g/mol. The molecule has 0 aliphatic carbocycles. The van der Waals surface area contributed by atoms with Gasteiger partial charge in [0, 0.05) is 11.3 Å². The van der Waals surface area contributed by atoms with Crippen LogP contribution in [0, 0.1) is 0 Å². The molecule has 3 rings (SSSR count). The summed E-state index contributed by atoms with van der Waals surface area (Å²) in [7, 11) is 0. The molecule has 18 heavy (non-hydrogen) atoms. The average Bonchev–Trinajstić information content (AvgIpc) is 3.04. The molecule has 2 aliphatic rings. The van der Waals surface area contributed by atoms with Gasteiger partial charge in [-0.25, -0.2) is 4.98 Å². The minimum absolute atomic E-state index is 0.307. The summed E-state index contributed by atoms with van der Waals surface area (Å²) < 4.78 is 5.83. The number of hydrogen-bond donors (Lipinski definition) is 1. The van der Waals surface area contributed by atoms with Crippen LogP contribution in [0.25, 0.3) is 0 Å². The summed E-state index contributed by atoms with van der Waals surface area (Å²) >= 11 is 1.58. The number of aliphatic carboxylic acids is 1. The van der Waals surface area contributed by atoms with Crippen LogP contribution in [-0.4, -0.2) is 28.3 Å². The number of rotatable bonds is 3. The number of thiazole rings is 1. The fraction of sp³-hybridized carbons (Fsp3) is 0.692. The smallest absolute Gasteiger partial charge is 0.315 e. The average molecular weight is 267 g/mol. The Morgan fingerprint density at radius 2 is 2.33 bits per heavy atom. The van der Waals surface area contributed by atoms with Gasteiger partial charge in [0.2, 0.25) is 0 Å². The van der Waals surface area contributed by atoms with Crippen LogP contribution in [-0.2, 0) is 14.9 Å². The highest BCUT2D eigenvalue weighted by Gasteiger charge is 2.43. The lowest BCUT2D eigenvalue weighted by atomic mass is 9.88. The Balaban J connectivity index is 1.84. The van der Waals surface area contributed by atoms with E-state index in [1.807, 2.05) is 5.38 Å². The minimum atomic E-state index is -0.909. The van der Waals surface area contributed by atoms with Crippen LogP contribution in [0.15, 0.2) is 5.38 Å². The van der Waals surface area contributed by atoms with E-state index < -0.39 is 11.4 Å². The second-order valence-electron chi connectivity index (χ2n) is 5.72. The molecule has 0 radical (unpaired) electrons. The Morgan fingerprint density at radius 3 is 2.89 bits per heavy atom. The van der Waals surface area contributed by atoms with Crippen molar-refractivity contribution in [2.24, 2.45) is 0 Å². The maximum absolute atomic E-state index is 11.2. The van der Waals surface area contributed by atoms with Crippen molar-refractivity contribution in [3.8, 4) is 0 Å². The number of fused-ring (bicyclic) bond motifs is 2. The van der Waals surface area contributed by atoms with Gasteiger partial charge in [0.15, 0.2) is 0 Å². The molecule has 1 N–H and O–H groups in total. The van der Waals surface area contributed by atoms with Crippen LogP contribution in [0.2, 0.25) is 0 Å². The van der Waals surface area contributed by atoms with Crippen molar-refractivity contribution in [3.63, 3.8) is 0 Å². The van der Waals surface area contributed by atoms with E-state index in [1.165, 1.54) is 6.42 Å². The van der Waals surface area contributed by atoms with Crippen LogP contribution in [0.5, 0.6) is 0 Å². The van der Waals surface area contributed by atoms with Gasteiger partial charge in [-0.3, -0.25) is 4.79 Å². The molecule has 2 fully saturated rings. The summed E-state index contributed by atoms with van der Waals surface area (Å²) in [5.41, 5.74) is -0.245. The molecule has 4 nitrogen and oxygen atoms in total. The van der Waals surface area contributed by atoms with E-state index in [-0.39, 0.29) is 0 Å². The van der Waals surface area contributed by atoms with E-state index in [4.69, 9.17) is 4.74 Å². The first-order chi connectivity index (χ1) is 8.48. The lowest BCUT2D eigenvalue weighted by Crippen LogP contribution is -2.29. The van der Waals surface area contributed by atoms with E-state index in [9.17, 15) is 9.90 Å². The van der Waals surface area contributed by atoms with Crippen molar-refractivity contribution in [1.82, 2.24) is 4.98 Å². The first-order valence-electron chi connectivity index (χ1n) is 6.33. The molecular weight excluding hydrogens is 250 g/mol. The van der Waals surface area contributed by atoms with Crippen LogP contribution in [0.1, 0.15) is 49.7 Å². The Bertz CT molecular complexity index is 482. The Hall–Kier alpha value is -0.940. The van der Waals surface area contributed by atoms with Crippen molar-refractivity contribution < 1.29 is 14.6 Å². The van der Waals surface area contributed by atoms with Crippen LogP contribution in [0.3, 0.4) is 0 Å². The molecule has 3 atom stereocenters. The molecule has 0 saturated carbocycles. The number of carboxylic acids is 1. The van der Waals surface area contributed by atoms with Crippen molar-refractivity contribution in [1.29, 1.82) is 0 Å². The Labute approximate surface area is 110 Å². The molecule has 98 valence electrons. The van der Waals surface area contributed by atoms with Gasteiger partial charge in [-0.2, -0.15) is 0 Å². The van der Waals surface area contributed by atoms with Crippen molar-refractivity contribution in [2.75, 3.05) is 0 Å². The number of carbonyl (C=O) groups is 1. The molecule has 1 aromatic heterocycles. The van der Waals surface area contributed by atoms with Crippen LogP contribution < -0.4 is 0 Å². The third-order valence-electron chi connectivity index (χ3n) is 4.12. The maximum atomic E-state index is 11.2. The van der Waals surface area contributed by atoms with Crippen LogP contribution >= 0.6 is 11.3 Å². The van der Waals surface area contributed by atoms with E-state index >= 15 is 0 Å². The topological polar surface area (TPSA) is 59.4 Å². The molecule has 0 amide bonds. The largest absolute Gasteiger partial charge is 0.481 e. The molecule has 1 aromatic rings. The molecule has 5 heteroatoms. The standard InChI is InChI=1S/C13H17NO3S/c1-13(2,12(15)16)10-6-18-11(14-10)8-5-7-3-4-9(8)17-7/h6-9H,3-5H2,1-2H3,(H,15,16). The van der Waals surface area contributed by atoms with E-state index in [0.29, 0.717) is 23.8 Å². The van der Waals surface area contributed by atoms with E-state index in [1.54, 1.807) is 25.2 Å². The van der Waals surface area contributed by atoms with Crippen molar-refractivity contribution in [3.05, 3.63) is 16.1 Å². The summed E-state index contributed by atoms with van der Waals surface area (Å²) in [5, 5.41) is 12.1. The lowest BCUT2D eigenvalue weighted by Gasteiger charge is -2.17. The summed E-state index contributed by atoms with van der Waals surface area (Å²) in [6.07, 6.45) is 4.04. The zero-order valence-electron chi connectivity index (χ0n) is 10.5. The zero-order chi connectivity index (χ0) is 12.9. The molecule has 0 spiro atoms. The van der Waals surface area contributed by atoms with Crippen molar-refractivity contribution >= 4 is 17.3 Å². The molecule has 3 unspecified atom stereocenters. The third kappa shape index (κ3) is 1.77. The second-order valence-corrected chi connectivity index (χ2v) is 6.61. The van der Waals surface area contributed by atoms with E-state index in [0.717, 1.165) is 17.8 Å². The highest BCUT2D eigenvalue weighted by molar-refractivity contribution is 7.09. The molecule has 3 heterocycles. The zero-order valence-corrected chi connectivity index (χ0v) is 11.4. The normalized spacial score (nSPS) is 30.9. The number of aromatic nitrogens is 1. The van der Waals surface area contributed by atoms with Gasteiger partial charge in [0.05, 0.1) is 22.9 Å². The third-order valence-corrected chi connectivity index (χ3v) is 5.10. The molecule has 0 aromatic carbocycles. The molecule has 2 aliphatic heterocycles. The predicted octanol–water partition coefficient (Wildman–Crippen LogP) is 2.54. The fourth-order valence-corrected chi connectivity index (χ4v) is 3.91. The summed E-state index contributed by atoms with van der Waals surface area (Å²) in [6.45, 7) is 3.40. The predicted molar refractivity (Wildman–Crippen MR) is 68.0 cm³/mol. The number of ether oxygens (including phenoxy) is 1. The first-order valence-corrected chi connectivity index (χ1v) is 7.21. The highest BCUT2D eigenvalue weighted by Crippen LogP contribution is 2.45. The van der Waals surface area contributed by atoms with Gasteiger partial charge in [-0.05, 0) is 33.1 Å². The van der Waals surface area contributed by atoms with Gasteiger partial charge < -0.3 is 9.84 Å². The van der Waals surface area contributed by atoms with E-state index in [2.05, 4.69) is 4.98 Å². The minimum Gasteiger partial charge on any atom is -0.481 e.